The lowest BCUT2D eigenvalue weighted by Crippen LogP contribution is -2.38. The van der Waals surface area contributed by atoms with Gasteiger partial charge < -0.3 is 20.1 Å². The zero-order valence-electron chi connectivity index (χ0n) is 14.3. The summed E-state index contributed by atoms with van der Waals surface area (Å²) >= 11 is 5.97. The summed E-state index contributed by atoms with van der Waals surface area (Å²) in [6, 6.07) is 12.0. The van der Waals surface area contributed by atoms with Gasteiger partial charge in [-0.3, -0.25) is 9.59 Å². The monoisotopic (exact) mass is 374 g/mol. The van der Waals surface area contributed by atoms with Gasteiger partial charge in [0.2, 0.25) is 5.91 Å². The van der Waals surface area contributed by atoms with Gasteiger partial charge in [-0.25, -0.2) is 0 Å². The molecule has 0 saturated carbocycles. The zero-order valence-corrected chi connectivity index (χ0v) is 15.0. The Balaban J connectivity index is 1.54. The molecule has 0 spiro atoms. The SMILES string of the molecule is CC(NC(=O)CNC(=O)c1ccccc1Cl)c1ccc2c(c1)OCCO2. The van der Waals surface area contributed by atoms with Crippen molar-refractivity contribution in [2.75, 3.05) is 19.8 Å². The first-order chi connectivity index (χ1) is 12.5. The summed E-state index contributed by atoms with van der Waals surface area (Å²) in [5, 5.41) is 5.75. The summed E-state index contributed by atoms with van der Waals surface area (Å²) in [4.78, 5) is 24.2. The Bertz CT molecular complexity index is 825. The Labute approximate surface area is 156 Å². The molecule has 2 amide bonds. The van der Waals surface area contributed by atoms with Crippen molar-refractivity contribution in [3.05, 3.63) is 58.6 Å². The van der Waals surface area contributed by atoms with Crippen LogP contribution < -0.4 is 20.1 Å². The summed E-state index contributed by atoms with van der Waals surface area (Å²) < 4.78 is 11.0. The molecule has 0 saturated heterocycles. The number of carbonyl (C=O) groups excluding carboxylic acids is 2. The largest absolute Gasteiger partial charge is 0.486 e. The topological polar surface area (TPSA) is 76.7 Å². The average Bonchev–Trinajstić information content (AvgIpc) is 2.66. The standard InChI is InChI=1S/C19H19ClN2O4/c1-12(13-6-7-16-17(10-13)26-9-8-25-16)22-18(23)11-21-19(24)14-4-2-3-5-15(14)20/h2-7,10,12H,8-9,11H2,1H3,(H,21,24)(H,22,23). The number of amides is 2. The first-order valence-electron chi connectivity index (χ1n) is 8.26. The van der Waals surface area contributed by atoms with E-state index in [9.17, 15) is 9.59 Å². The van der Waals surface area contributed by atoms with Crippen LogP contribution in [0.4, 0.5) is 0 Å². The maximum atomic E-state index is 12.1. The second kappa shape index (κ2) is 8.10. The lowest BCUT2D eigenvalue weighted by molar-refractivity contribution is -0.120. The Morgan fingerprint density at radius 2 is 1.85 bits per heavy atom. The molecule has 0 bridgehead atoms. The highest BCUT2D eigenvalue weighted by Crippen LogP contribution is 2.32. The Morgan fingerprint density at radius 1 is 1.12 bits per heavy atom. The van der Waals surface area contributed by atoms with Gasteiger partial charge in [0.15, 0.2) is 11.5 Å². The summed E-state index contributed by atoms with van der Waals surface area (Å²) in [6.45, 7) is 2.76. The van der Waals surface area contributed by atoms with Gasteiger partial charge in [-0.2, -0.15) is 0 Å². The van der Waals surface area contributed by atoms with Crippen LogP contribution in [0.2, 0.25) is 5.02 Å². The molecule has 136 valence electrons. The second-order valence-electron chi connectivity index (χ2n) is 5.85. The molecule has 7 heteroatoms. The summed E-state index contributed by atoms with van der Waals surface area (Å²) in [7, 11) is 0. The smallest absolute Gasteiger partial charge is 0.253 e. The van der Waals surface area contributed by atoms with E-state index in [1.165, 1.54) is 0 Å². The molecule has 0 aromatic heterocycles. The maximum Gasteiger partial charge on any atom is 0.253 e. The minimum Gasteiger partial charge on any atom is -0.486 e. The lowest BCUT2D eigenvalue weighted by atomic mass is 10.1. The van der Waals surface area contributed by atoms with Crippen LogP contribution in [0, 0.1) is 0 Å². The molecule has 1 unspecified atom stereocenters. The number of rotatable bonds is 5. The van der Waals surface area contributed by atoms with E-state index in [4.69, 9.17) is 21.1 Å². The Hall–Kier alpha value is -2.73. The van der Waals surface area contributed by atoms with Gasteiger partial charge in [-0.05, 0) is 36.8 Å². The van der Waals surface area contributed by atoms with Crippen LogP contribution in [0.1, 0.15) is 28.9 Å². The number of benzene rings is 2. The number of ether oxygens (including phenoxy) is 2. The van der Waals surface area contributed by atoms with E-state index in [0.717, 1.165) is 5.56 Å². The van der Waals surface area contributed by atoms with Crippen molar-refractivity contribution in [2.45, 2.75) is 13.0 Å². The van der Waals surface area contributed by atoms with Crippen LogP contribution in [0.25, 0.3) is 0 Å². The molecule has 2 N–H and O–H groups in total. The van der Waals surface area contributed by atoms with E-state index >= 15 is 0 Å². The zero-order chi connectivity index (χ0) is 18.5. The van der Waals surface area contributed by atoms with Crippen molar-refractivity contribution in [3.63, 3.8) is 0 Å². The van der Waals surface area contributed by atoms with Gasteiger partial charge in [-0.1, -0.05) is 29.8 Å². The van der Waals surface area contributed by atoms with Gasteiger partial charge in [0, 0.05) is 0 Å². The summed E-state index contributed by atoms with van der Waals surface area (Å²) in [5.74, 6) is 0.679. The van der Waals surface area contributed by atoms with Crippen LogP contribution in [0.15, 0.2) is 42.5 Å². The highest BCUT2D eigenvalue weighted by Gasteiger charge is 2.16. The Kier molecular flexibility index (Phi) is 5.63. The minimum atomic E-state index is -0.391. The van der Waals surface area contributed by atoms with Crippen LogP contribution in [0.3, 0.4) is 0 Å². The predicted octanol–water partition coefficient (Wildman–Crippen LogP) is 2.72. The van der Waals surface area contributed by atoms with Crippen molar-refractivity contribution >= 4 is 23.4 Å². The average molecular weight is 375 g/mol. The third-order valence-corrected chi connectivity index (χ3v) is 4.30. The first-order valence-corrected chi connectivity index (χ1v) is 8.64. The number of halogens is 1. The van der Waals surface area contributed by atoms with Crippen molar-refractivity contribution in [3.8, 4) is 11.5 Å². The predicted molar refractivity (Wildman–Crippen MR) is 97.8 cm³/mol. The molecule has 0 fully saturated rings. The molecule has 2 aromatic rings. The molecule has 1 aliphatic rings. The fraction of sp³-hybridized carbons (Fsp3) is 0.263. The third-order valence-electron chi connectivity index (χ3n) is 3.97. The number of nitrogens with one attached hydrogen (secondary N) is 2. The molecule has 1 atom stereocenters. The molecule has 0 aliphatic carbocycles. The molecule has 1 heterocycles. The van der Waals surface area contributed by atoms with Gasteiger partial charge in [0.1, 0.15) is 13.2 Å². The van der Waals surface area contributed by atoms with Crippen molar-refractivity contribution in [1.29, 1.82) is 0 Å². The highest BCUT2D eigenvalue weighted by molar-refractivity contribution is 6.33. The Morgan fingerprint density at radius 3 is 2.62 bits per heavy atom. The normalized spacial score (nSPS) is 13.6. The second-order valence-corrected chi connectivity index (χ2v) is 6.26. The number of fused-ring (bicyclic) bond motifs is 1. The summed E-state index contributed by atoms with van der Waals surface area (Å²) in [5.41, 5.74) is 1.22. The molecular weight excluding hydrogens is 356 g/mol. The van der Waals surface area contributed by atoms with Crippen molar-refractivity contribution < 1.29 is 19.1 Å². The first kappa shape index (κ1) is 18.1. The van der Waals surface area contributed by atoms with Gasteiger partial charge in [-0.15, -0.1) is 0 Å². The van der Waals surface area contributed by atoms with E-state index in [-0.39, 0.29) is 18.5 Å². The minimum absolute atomic E-state index is 0.140. The number of hydrogen-bond acceptors (Lipinski definition) is 4. The molecule has 2 aromatic carbocycles. The molecular formula is C19H19ClN2O4. The fourth-order valence-electron chi connectivity index (χ4n) is 2.61. The molecule has 3 rings (SSSR count). The van der Waals surface area contributed by atoms with E-state index in [1.807, 2.05) is 25.1 Å². The van der Waals surface area contributed by atoms with Gasteiger partial charge in [0.25, 0.3) is 5.91 Å². The van der Waals surface area contributed by atoms with Crippen molar-refractivity contribution in [2.24, 2.45) is 0 Å². The number of carbonyl (C=O) groups is 2. The quantitative estimate of drug-likeness (QED) is 0.843. The fourth-order valence-corrected chi connectivity index (χ4v) is 2.83. The van der Waals surface area contributed by atoms with Crippen LogP contribution >= 0.6 is 11.6 Å². The van der Waals surface area contributed by atoms with Crippen LogP contribution in [-0.4, -0.2) is 31.6 Å². The highest BCUT2D eigenvalue weighted by atomic mass is 35.5. The maximum absolute atomic E-state index is 12.1. The number of hydrogen-bond donors (Lipinski definition) is 2. The van der Waals surface area contributed by atoms with E-state index in [0.29, 0.717) is 35.3 Å². The summed E-state index contributed by atoms with van der Waals surface area (Å²) in [6.07, 6.45) is 0. The molecule has 0 radical (unpaired) electrons. The molecule has 6 nitrogen and oxygen atoms in total. The van der Waals surface area contributed by atoms with Gasteiger partial charge >= 0.3 is 0 Å². The van der Waals surface area contributed by atoms with E-state index < -0.39 is 5.91 Å². The van der Waals surface area contributed by atoms with E-state index in [1.54, 1.807) is 24.3 Å². The van der Waals surface area contributed by atoms with Gasteiger partial charge in [0.05, 0.1) is 23.2 Å². The van der Waals surface area contributed by atoms with E-state index in [2.05, 4.69) is 10.6 Å². The van der Waals surface area contributed by atoms with Crippen LogP contribution in [-0.2, 0) is 4.79 Å². The molecule has 1 aliphatic heterocycles. The van der Waals surface area contributed by atoms with Crippen molar-refractivity contribution in [1.82, 2.24) is 10.6 Å². The molecule has 26 heavy (non-hydrogen) atoms. The van der Waals surface area contributed by atoms with Crippen LogP contribution in [0.5, 0.6) is 11.5 Å². The third kappa shape index (κ3) is 4.26. The lowest BCUT2D eigenvalue weighted by Gasteiger charge is -2.21.